The fourth-order valence-electron chi connectivity index (χ4n) is 2.43. The predicted octanol–water partition coefficient (Wildman–Crippen LogP) is 4.17. The van der Waals surface area contributed by atoms with Crippen LogP contribution in [0.1, 0.15) is 29.9 Å². The number of carbonyl (C=O) groups excluding carboxylic acids is 1. The van der Waals surface area contributed by atoms with E-state index in [1.54, 1.807) is 25.1 Å². The number of hydrogen-bond acceptors (Lipinski definition) is 3. The van der Waals surface area contributed by atoms with E-state index in [0.717, 1.165) is 22.2 Å². The summed E-state index contributed by atoms with van der Waals surface area (Å²) in [6.45, 7) is 3.52. The molecule has 4 N–H and O–H groups in total. The first-order valence-electron chi connectivity index (χ1n) is 7.97. The van der Waals surface area contributed by atoms with Crippen molar-refractivity contribution in [3.8, 4) is 0 Å². The van der Waals surface area contributed by atoms with E-state index < -0.39 is 0 Å². The zero-order chi connectivity index (χ0) is 18.7. The third-order valence-electron chi connectivity index (χ3n) is 3.75. The Morgan fingerprint density at radius 1 is 1.08 bits per heavy atom. The maximum atomic E-state index is 12.4. The lowest BCUT2D eigenvalue weighted by Crippen LogP contribution is -2.12. The van der Waals surface area contributed by atoms with E-state index in [2.05, 4.69) is 20.5 Å². The second-order valence-corrected chi connectivity index (χ2v) is 6.31. The molecule has 0 atom stereocenters. The molecule has 3 aromatic rings. The minimum absolute atomic E-state index is 0.223. The summed E-state index contributed by atoms with van der Waals surface area (Å²) in [7, 11) is 0. The average Bonchev–Trinajstić information content (AvgIpc) is 3.03. The maximum Gasteiger partial charge on any atom is 0.272 e. The van der Waals surface area contributed by atoms with Gasteiger partial charge in [0, 0.05) is 21.6 Å². The molecule has 0 unspecified atom stereocenters. The van der Waals surface area contributed by atoms with Gasteiger partial charge in [-0.05, 0) is 49.7 Å². The zero-order valence-corrected chi connectivity index (χ0v) is 15.1. The largest absolute Gasteiger partial charge is 0.386 e. The van der Waals surface area contributed by atoms with E-state index in [4.69, 9.17) is 17.3 Å². The van der Waals surface area contributed by atoms with Gasteiger partial charge < -0.3 is 16.0 Å². The number of halogens is 1. The van der Waals surface area contributed by atoms with Crippen molar-refractivity contribution in [3.63, 3.8) is 0 Å². The second-order valence-electron chi connectivity index (χ2n) is 5.87. The normalized spacial score (nSPS) is 12.4. The molecule has 7 heteroatoms. The van der Waals surface area contributed by atoms with E-state index in [1.807, 2.05) is 37.3 Å². The monoisotopic (exact) mass is 367 g/mol. The predicted molar refractivity (Wildman–Crippen MR) is 107 cm³/mol. The number of H-pyrrole nitrogens is 1. The summed E-state index contributed by atoms with van der Waals surface area (Å²) >= 11 is 5.97. The molecule has 0 aliphatic rings. The van der Waals surface area contributed by atoms with Crippen LogP contribution in [0.25, 0.3) is 10.9 Å². The van der Waals surface area contributed by atoms with Crippen molar-refractivity contribution in [3.05, 3.63) is 64.8 Å². The summed E-state index contributed by atoms with van der Waals surface area (Å²) in [6, 6.07) is 14.6. The lowest BCUT2D eigenvalue weighted by molar-refractivity contribution is 0.102. The molecule has 6 nitrogen and oxygen atoms in total. The Morgan fingerprint density at radius 2 is 1.81 bits per heavy atom. The SMILES string of the molecule is CC(N)=N/N=C(/C)c1ccc(NC(=O)c2cc3ccc(Cl)cc3[nH]2)cc1. The highest BCUT2D eigenvalue weighted by Gasteiger charge is 2.10. The maximum absolute atomic E-state index is 12.4. The van der Waals surface area contributed by atoms with Crippen LogP contribution >= 0.6 is 11.6 Å². The summed E-state index contributed by atoms with van der Waals surface area (Å²) in [5, 5.41) is 12.3. The highest BCUT2D eigenvalue weighted by Crippen LogP contribution is 2.20. The van der Waals surface area contributed by atoms with Crippen molar-refractivity contribution in [1.82, 2.24) is 4.98 Å². The molecule has 0 aliphatic carbocycles. The van der Waals surface area contributed by atoms with Crippen LogP contribution in [0.15, 0.2) is 58.7 Å². The van der Waals surface area contributed by atoms with Gasteiger partial charge in [0.1, 0.15) is 11.5 Å². The van der Waals surface area contributed by atoms with Gasteiger partial charge in [-0.15, -0.1) is 5.10 Å². The molecule has 0 aliphatic heterocycles. The van der Waals surface area contributed by atoms with Crippen molar-refractivity contribution in [2.24, 2.45) is 15.9 Å². The lowest BCUT2D eigenvalue weighted by Gasteiger charge is -2.05. The third kappa shape index (κ3) is 4.10. The molecule has 0 spiro atoms. The van der Waals surface area contributed by atoms with Crippen LogP contribution in [0.4, 0.5) is 5.69 Å². The van der Waals surface area contributed by atoms with E-state index in [0.29, 0.717) is 22.2 Å². The van der Waals surface area contributed by atoms with Crippen LogP contribution in [0, 0.1) is 0 Å². The van der Waals surface area contributed by atoms with Crippen molar-refractivity contribution in [1.29, 1.82) is 0 Å². The molecule has 132 valence electrons. The molecule has 0 radical (unpaired) electrons. The van der Waals surface area contributed by atoms with Crippen LogP contribution in [-0.4, -0.2) is 22.4 Å². The molecule has 26 heavy (non-hydrogen) atoms. The molecule has 1 amide bonds. The van der Waals surface area contributed by atoms with Crippen LogP contribution in [0.2, 0.25) is 5.02 Å². The minimum Gasteiger partial charge on any atom is -0.386 e. The van der Waals surface area contributed by atoms with Crippen LogP contribution in [0.3, 0.4) is 0 Å². The van der Waals surface area contributed by atoms with Crippen LogP contribution in [-0.2, 0) is 0 Å². The number of carbonyl (C=O) groups is 1. The molecule has 1 aromatic heterocycles. The fourth-order valence-corrected chi connectivity index (χ4v) is 2.60. The van der Waals surface area contributed by atoms with Gasteiger partial charge in [0.05, 0.1) is 5.71 Å². The number of amidine groups is 1. The highest BCUT2D eigenvalue weighted by molar-refractivity contribution is 6.31. The van der Waals surface area contributed by atoms with Crippen molar-refractivity contribution in [2.75, 3.05) is 5.32 Å². The van der Waals surface area contributed by atoms with Gasteiger partial charge in [-0.1, -0.05) is 29.8 Å². The first-order valence-corrected chi connectivity index (χ1v) is 8.34. The molecule has 0 bridgehead atoms. The van der Waals surface area contributed by atoms with Crippen LogP contribution < -0.4 is 11.1 Å². The average molecular weight is 368 g/mol. The van der Waals surface area contributed by atoms with Crippen molar-refractivity contribution < 1.29 is 4.79 Å². The molecule has 2 aromatic carbocycles. The van der Waals surface area contributed by atoms with Gasteiger partial charge in [0.15, 0.2) is 0 Å². The summed E-state index contributed by atoms with van der Waals surface area (Å²) in [4.78, 5) is 15.5. The van der Waals surface area contributed by atoms with Gasteiger partial charge in [-0.3, -0.25) is 4.79 Å². The summed E-state index contributed by atoms with van der Waals surface area (Å²) in [6.07, 6.45) is 0. The van der Waals surface area contributed by atoms with E-state index in [1.165, 1.54) is 0 Å². The second kappa shape index (κ2) is 7.41. The summed E-state index contributed by atoms with van der Waals surface area (Å²) < 4.78 is 0. The summed E-state index contributed by atoms with van der Waals surface area (Å²) in [5.41, 5.74) is 9.08. The molecule has 1 heterocycles. The van der Waals surface area contributed by atoms with E-state index in [-0.39, 0.29) is 5.91 Å². The Hall–Kier alpha value is -3.12. The summed E-state index contributed by atoms with van der Waals surface area (Å²) in [5.74, 6) is 0.173. The number of benzene rings is 2. The number of aromatic amines is 1. The first-order chi connectivity index (χ1) is 12.4. The number of nitrogens with zero attached hydrogens (tertiary/aromatic N) is 2. The number of rotatable bonds is 4. The van der Waals surface area contributed by atoms with Gasteiger partial charge in [-0.2, -0.15) is 5.10 Å². The van der Waals surface area contributed by atoms with E-state index in [9.17, 15) is 4.79 Å². The molecule has 0 fully saturated rings. The lowest BCUT2D eigenvalue weighted by atomic mass is 10.1. The van der Waals surface area contributed by atoms with Crippen LogP contribution in [0.5, 0.6) is 0 Å². The Bertz CT molecular complexity index is 1010. The minimum atomic E-state index is -0.223. The molecule has 0 saturated carbocycles. The van der Waals surface area contributed by atoms with Gasteiger partial charge >= 0.3 is 0 Å². The molecular formula is C19H18ClN5O. The smallest absolute Gasteiger partial charge is 0.272 e. The fraction of sp³-hybridized carbons (Fsp3) is 0.105. The topological polar surface area (TPSA) is 95.6 Å². The Balaban J connectivity index is 1.74. The Labute approximate surface area is 155 Å². The third-order valence-corrected chi connectivity index (χ3v) is 3.98. The number of nitrogens with one attached hydrogen (secondary N) is 2. The first kappa shape index (κ1) is 17.7. The zero-order valence-electron chi connectivity index (χ0n) is 14.4. The number of amides is 1. The Kier molecular flexibility index (Phi) is 5.04. The highest BCUT2D eigenvalue weighted by atomic mass is 35.5. The number of nitrogens with two attached hydrogens (primary N) is 1. The molecular weight excluding hydrogens is 350 g/mol. The number of anilines is 1. The van der Waals surface area contributed by atoms with Crippen molar-refractivity contribution >= 4 is 45.6 Å². The van der Waals surface area contributed by atoms with E-state index >= 15 is 0 Å². The quantitative estimate of drug-likeness (QED) is 0.366. The van der Waals surface area contributed by atoms with Gasteiger partial charge in [-0.25, -0.2) is 0 Å². The number of hydrogen-bond donors (Lipinski definition) is 3. The van der Waals surface area contributed by atoms with Gasteiger partial charge in [0.2, 0.25) is 0 Å². The standard InChI is InChI=1S/C19H18ClN5O/c1-11(24-25-12(2)21)13-4-7-16(8-5-13)22-19(26)18-9-14-3-6-15(20)10-17(14)23-18/h3-10,23H,1-2H3,(H2,21,25)(H,22,26)/b24-11-. The molecule has 3 rings (SSSR count). The Morgan fingerprint density at radius 3 is 2.50 bits per heavy atom. The molecule has 0 saturated heterocycles. The number of fused-ring (bicyclic) bond motifs is 1. The van der Waals surface area contributed by atoms with Gasteiger partial charge in [0.25, 0.3) is 5.91 Å². The number of aromatic nitrogens is 1. The van der Waals surface area contributed by atoms with Crippen molar-refractivity contribution in [2.45, 2.75) is 13.8 Å².